The number of anilines is 1. The number of ether oxygens (including phenoxy) is 1. The molecule has 3 aromatic carbocycles. The number of fused-ring (bicyclic) bond motifs is 4. The Morgan fingerprint density at radius 2 is 1.97 bits per heavy atom. The van der Waals surface area contributed by atoms with Gasteiger partial charge in [0.25, 0.3) is 15.1 Å². The number of aryl methyl sites for hydroxylation is 1. The van der Waals surface area contributed by atoms with Gasteiger partial charge >= 0.3 is 0 Å². The molecule has 0 aliphatic carbocycles. The second-order valence-electron chi connectivity index (χ2n) is 8.03. The first-order valence-corrected chi connectivity index (χ1v) is 14.3. The van der Waals surface area contributed by atoms with Crippen LogP contribution in [0.25, 0.3) is 27.1 Å². The third-order valence-electron chi connectivity index (χ3n) is 5.90. The van der Waals surface area contributed by atoms with Crippen molar-refractivity contribution in [2.75, 3.05) is 24.3 Å². The van der Waals surface area contributed by atoms with Gasteiger partial charge in [0, 0.05) is 17.5 Å². The standard InChI is InChI=1S/C25H24N2O4S3/c1-3-26-23(33-22-11-9-17-7-4-5-8-19(17)25(22)26)16-24-27(13-6-14-34(28,29)30)20-15-18(31-2)10-12-21(20)32-24/h4-5,7-12,15-16H,3,6,13-14H2,1-2H3/p+1. The van der Waals surface area contributed by atoms with Crippen LogP contribution in [0.15, 0.2) is 64.5 Å². The van der Waals surface area contributed by atoms with Gasteiger partial charge in [0.15, 0.2) is 0 Å². The zero-order chi connectivity index (χ0) is 23.9. The minimum atomic E-state index is -4.01. The van der Waals surface area contributed by atoms with E-state index in [1.54, 1.807) is 30.2 Å². The van der Waals surface area contributed by atoms with Crippen molar-refractivity contribution in [2.45, 2.75) is 24.8 Å². The highest BCUT2D eigenvalue weighted by molar-refractivity contribution is 8.03. The molecule has 34 heavy (non-hydrogen) atoms. The smallest absolute Gasteiger partial charge is 0.265 e. The lowest BCUT2D eigenvalue weighted by Gasteiger charge is -2.20. The Kier molecular flexibility index (Phi) is 6.28. The summed E-state index contributed by atoms with van der Waals surface area (Å²) in [6.07, 6.45) is 2.51. The Balaban J connectivity index is 1.60. The molecule has 1 N–H and O–H groups in total. The SMILES string of the molecule is CC[n+]1c(/C=C2\Sc3ccc(OC)cc3N2CCCS(=O)(=O)O)sc2ccc3ccccc3c21. The molecule has 1 aliphatic rings. The maximum absolute atomic E-state index is 11.3. The van der Waals surface area contributed by atoms with E-state index < -0.39 is 10.1 Å². The van der Waals surface area contributed by atoms with Crippen LogP contribution in [0.3, 0.4) is 0 Å². The molecular weight excluding hydrogens is 488 g/mol. The highest BCUT2D eigenvalue weighted by Crippen LogP contribution is 2.48. The van der Waals surface area contributed by atoms with Crippen LogP contribution in [0.1, 0.15) is 18.4 Å². The van der Waals surface area contributed by atoms with Crippen molar-refractivity contribution in [2.24, 2.45) is 0 Å². The average molecular weight is 514 g/mol. The van der Waals surface area contributed by atoms with Crippen LogP contribution in [0.2, 0.25) is 0 Å². The van der Waals surface area contributed by atoms with Crippen molar-refractivity contribution in [1.29, 1.82) is 0 Å². The first-order valence-electron chi connectivity index (χ1n) is 11.0. The van der Waals surface area contributed by atoms with E-state index in [2.05, 4.69) is 58.9 Å². The fourth-order valence-electron chi connectivity index (χ4n) is 4.35. The Bertz CT molecular complexity index is 1530. The molecule has 0 bridgehead atoms. The number of hydrogen-bond donors (Lipinski definition) is 1. The second kappa shape index (κ2) is 9.22. The maximum atomic E-state index is 11.3. The second-order valence-corrected chi connectivity index (χ2v) is 11.7. The zero-order valence-electron chi connectivity index (χ0n) is 18.9. The number of rotatable bonds is 7. The molecule has 4 aromatic rings. The predicted molar refractivity (Wildman–Crippen MR) is 140 cm³/mol. The lowest BCUT2D eigenvalue weighted by Crippen LogP contribution is -2.34. The quantitative estimate of drug-likeness (QED) is 0.258. The molecule has 5 rings (SSSR count). The van der Waals surface area contributed by atoms with Gasteiger partial charge in [-0.2, -0.15) is 13.0 Å². The Morgan fingerprint density at radius 3 is 2.74 bits per heavy atom. The van der Waals surface area contributed by atoms with Gasteiger partial charge < -0.3 is 9.64 Å². The third kappa shape index (κ3) is 4.40. The molecule has 0 amide bonds. The van der Waals surface area contributed by atoms with E-state index in [1.165, 1.54) is 21.0 Å². The third-order valence-corrected chi connectivity index (χ3v) is 8.91. The van der Waals surface area contributed by atoms with Crippen LogP contribution in [-0.2, 0) is 16.7 Å². The lowest BCUT2D eigenvalue weighted by molar-refractivity contribution is -0.664. The summed E-state index contributed by atoms with van der Waals surface area (Å²) in [6, 6.07) is 18.7. The summed E-state index contributed by atoms with van der Waals surface area (Å²) in [7, 11) is -2.38. The van der Waals surface area contributed by atoms with Gasteiger partial charge in [-0.3, -0.25) is 4.55 Å². The molecule has 6 nitrogen and oxygen atoms in total. The maximum Gasteiger partial charge on any atom is 0.265 e. The normalized spacial score (nSPS) is 14.9. The molecule has 0 saturated carbocycles. The number of nitrogens with zero attached hydrogens (tertiary/aromatic N) is 2. The van der Waals surface area contributed by atoms with Gasteiger partial charge in [-0.15, -0.1) is 0 Å². The molecule has 0 radical (unpaired) electrons. The van der Waals surface area contributed by atoms with Crippen LogP contribution in [-0.4, -0.2) is 32.4 Å². The Morgan fingerprint density at radius 1 is 1.15 bits per heavy atom. The van der Waals surface area contributed by atoms with Crippen molar-refractivity contribution in [3.8, 4) is 5.75 Å². The molecular formula is C25H25N2O4S3+. The fraction of sp³-hybridized carbons (Fsp3) is 0.240. The van der Waals surface area contributed by atoms with Gasteiger partial charge in [0.05, 0.1) is 35.0 Å². The van der Waals surface area contributed by atoms with Crippen molar-refractivity contribution in [3.63, 3.8) is 0 Å². The molecule has 0 saturated heterocycles. The van der Waals surface area contributed by atoms with E-state index in [0.29, 0.717) is 13.0 Å². The van der Waals surface area contributed by atoms with Gasteiger partial charge in [0.2, 0.25) is 5.52 Å². The van der Waals surface area contributed by atoms with Crippen molar-refractivity contribution >= 4 is 66.0 Å². The van der Waals surface area contributed by atoms with Crippen molar-refractivity contribution < 1.29 is 22.3 Å². The summed E-state index contributed by atoms with van der Waals surface area (Å²) in [6.45, 7) is 3.46. The Labute approximate surface area is 207 Å². The zero-order valence-corrected chi connectivity index (χ0v) is 21.3. The highest BCUT2D eigenvalue weighted by atomic mass is 32.2. The average Bonchev–Trinajstić information content (AvgIpc) is 3.35. The van der Waals surface area contributed by atoms with E-state index in [0.717, 1.165) is 32.9 Å². The van der Waals surface area contributed by atoms with E-state index in [9.17, 15) is 13.0 Å². The van der Waals surface area contributed by atoms with Gasteiger partial charge in [-0.05, 0) is 43.0 Å². The monoisotopic (exact) mass is 513 g/mol. The van der Waals surface area contributed by atoms with Crippen molar-refractivity contribution in [3.05, 3.63) is 64.6 Å². The highest BCUT2D eigenvalue weighted by Gasteiger charge is 2.29. The molecule has 176 valence electrons. The first-order chi connectivity index (χ1) is 16.4. The summed E-state index contributed by atoms with van der Waals surface area (Å²) in [5, 5.41) is 4.61. The number of aromatic nitrogens is 1. The summed E-state index contributed by atoms with van der Waals surface area (Å²) in [5.74, 6) is 0.474. The van der Waals surface area contributed by atoms with E-state index >= 15 is 0 Å². The fourth-order valence-corrected chi connectivity index (χ4v) is 7.21. The number of thioether (sulfide) groups is 1. The Hall–Kier alpha value is -2.59. The molecule has 0 unspecified atom stereocenters. The van der Waals surface area contributed by atoms with Crippen molar-refractivity contribution in [1.82, 2.24) is 0 Å². The number of hydrogen-bond acceptors (Lipinski definition) is 6. The molecule has 1 aromatic heterocycles. The lowest BCUT2D eigenvalue weighted by atomic mass is 10.1. The molecule has 9 heteroatoms. The topological polar surface area (TPSA) is 70.7 Å². The van der Waals surface area contributed by atoms with Crippen LogP contribution in [0.5, 0.6) is 5.75 Å². The predicted octanol–water partition coefficient (Wildman–Crippen LogP) is 5.56. The largest absolute Gasteiger partial charge is 0.497 e. The van der Waals surface area contributed by atoms with Crippen LogP contribution in [0, 0.1) is 0 Å². The number of benzene rings is 3. The van der Waals surface area contributed by atoms with Crippen LogP contribution < -0.4 is 14.2 Å². The molecule has 0 spiro atoms. The molecule has 1 aliphatic heterocycles. The summed E-state index contributed by atoms with van der Waals surface area (Å²) in [4.78, 5) is 3.21. The minimum Gasteiger partial charge on any atom is -0.497 e. The van der Waals surface area contributed by atoms with E-state index in [1.807, 2.05) is 18.2 Å². The van der Waals surface area contributed by atoms with Crippen LogP contribution >= 0.6 is 23.1 Å². The van der Waals surface area contributed by atoms with Gasteiger partial charge in [-0.1, -0.05) is 47.4 Å². The first kappa shape index (κ1) is 23.2. The number of methoxy groups -OCH3 is 1. The minimum absolute atomic E-state index is 0.273. The van der Waals surface area contributed by atoms with Gasteiger partial charge in [-0.25, -0.2) is 0 Å². The summed E-state index contributed by atoms with van der Waals surface area (Å²) >= 11 is 3.41. The molecule has 0 fully saturated rings. The van der Waals surface area contributed by atoms with E-state index in [4.69, 9.17) is 4.74 Å². The molecule has 0 atom stereocenters. The molecule has 2 heterocycles. The van der Waals surface area contributed by atoms with Crippen LogP contribution in [0.4, 0.5) is 5.69 Å². The van der Waals surface area contributed by atoms with E-state index in [-0.39, 0.29) is 5.75 Å². The number of thiazole rings is 1. The summed E-state index contributed by atoms with van der Waals surface area (Å²) < 4.78 is 40.8. The van der Waals surface area contributed by atoms with Gasteiger partial charge in [0.1, 0.15) is 17.0 Å². The summed E-state index contributed by atoms with van der Waals surface area (Å²) in [5.41, 5.74) is 2.22.